The first-order valence-electron chi connectivity index (χ1n) is 19.0. The highest BCUT2D eigenvalue weighted by atomic mass is 19.1. The smallest absolute Gasteiger partial charge is 0.193 e. The topological polar surface area (TPSA) is 95.0 Å². The van der Waals surface area contributed by atoms with Crippen molar-refractivity contribution in [1.29, 1.82) is 0 Å². The summed E-state index contributed by atoms with van der Waals surface area (Å²) in [4.78, 5) is 32.2. The Hall–Kier alpha value is -4.60. The Morgan fingerprint density at radius 3 is 2.15 bits per heavy atom. The molecule has 9 atom stereocenters. The lowest BCUT2D eigenvalue weighted by Crippen LogP contribution is -2.69. The van der Waals surface area contributed by atoms with E-state index in [1.807, 2.05) is 104 Å². The average molecular weight is 726 g/mol. The molecule has 4 aliphatic carbocycles. The van der Waals surface area contributed by atoms with Gasteiger partial charge in [0.25, 0.3) is 0 Å². The Bertz CT molecular complexity index is 2030. The van der Waals surface area contributed by atoms with Crippen molar-refractivity contribution in [3.8, 4) is 0 Å². The fourth-order valence-electron chi connectivity index (χ4n) is 11.2. The van der Waals surface area contributed by atoms with Gasteiger partial charge in [0.15, 0.2) is 29.1 Å². The van der Waals surface area contributed by atoms with Gasteiger partial charge in [-0.1, -0.05) is 116 Å². The molecule has 0 radical (unpaired) electrons. The number of alkyl halides is 1. The number of halogens is 1. The number of pyridine rings is 1. The molecule has 3 aromatic carbocycles. The Morgan fingerprint density at radius 2 is 1.56 bits per heavy atom. The number of aliphatic hydroxyl groups is 1. The molecule has 3 saturated carbocycles. The third-order valence-corrected chi connectivity index (χ3v) is 13.7. The first-order valence-corrected chi connectivity index (χ1v) is 19.0. The zero-order chi connectivity index (χ0) is 37.3. The van der Waals surface area contributed by atoms with Crippen LogP contribution in [0.2, 0.25) is 0 Å². The maximum atomic E-state index is 18.1. The molecule has 9 rings (SSSR count). The minimum atomic E-state index is -2.07. The summed E-state index contributed by atoms with van der Waals surface area (Å²) in [7, 11) is 0. The molecule has 7 nitrogen and oxygen atoms in total. The van der Waals surface area contributed by atoms with E-state index in [0.29, 0.717) is 30.4 Å². The van der Waals surface area contributed by atoms with Crippen LogP contribution in [0.5, 0.6) is 0 Å². The van der Waals surface area contributed by atoms with Crippen LogP contribution in [0.4, 0.5) is 4.39 Å². The number of ether oxygens (including phenoxy) is 3. The quantitative estimate of drug-likeness (QED) is 0.185. The summed E-state index contributed by atoms with van der Waals surface area (Å²) in [6.07, 6.45) is 6.12. The number of hydrogen-bond acceptors (Lipinski definition) is 7. The molecule has 3 unspecified atom stereocenters. The normalized spacial score (nSPS) is 35.4. The minimum Gasteiger partial charge on any atom is -0.390 e. The molecule has 0 spiro atoms. The highest BCUT2D eigenvalue weighted by Gasteiger charge is 2.79. The van der Waals surface area contributed by atoms with Gasteiger partial charge >= 0.3 is 0 Å². The second kappa shape index (κ2) is 12.7. The van der Waals surface area contributed by atoms with Crippen molar-refractivity contribution in [3.05, 3.63) is 162 Å². The van der Waals surface area contributed by atoms with E-state index in [-0.39, 0.29) is 30.5 Å². The van der Waals surface area contributed by atoms with Crippen molar-refractivity contribution in [2.75, 3.05) is 6.61 Å². The number of nitrogens with zero attached hydrogens (tertiary/aromatic N) is 1. The van der Waals surface area contributed by atoms with Crippen molar-refractivity contribution < 1.29 is 33.3 Å². The fourth-order valence-corrected chi connectivity index (χ4v) is 11.2. The summed E-state index contributed by atoms with van der Waals surface area (Å²) >= 11 is 0. The third kappa shape index (κ3) is 4.76. The van der Waals surface area contributed by atoms with Crippen LogP contribution in [0.3, 0.4) is 0 Å². The molecule has 0 amide bonds. The molecule has 1 aliphatic heterocycles. The minimum absolute atomic E-state index is 0.0398. The predicted octanol–water partition coefficient (Wildman–Crippen LogP) is 7.79. The van der Waals surface area contributed by atoms with Gasteiger partial charge in [-0.2, -0.15) is 0 Å². The highest BCUT2D eigenvalue weighted by molar-refractivity contribution is 6.01. The number of carbonyl (C=O) groups is 2. The SMILES string of the molecule is C[C@]12C=CC(=O)C=C1CCC1C3C[C@H]4OC(c5cccnc5)O[C@@]4(C(=O)COC(c4ccccc4)(c4ccccc4)c4ccccc4)[C@@]3(C)C[C@H](O)[C@@]12F. The number of ketones is 2. The molecule has 5 aliphatic rings. The van der Waals surface area contributed by atoms with Gasteiger partial charge in [0.05, 0.1) is 12.2 Å². The fraction of sp³-hybridized carbons (Fsp3) is 0.370. The number of aliphatic hydroxyl groups excluding tert-OH is 1. The number of hydrogen-bond donors (Lipinski definition) is 1. The van der Waals surface area contributed by atoms with Crippen LogP contribution in [0.1, 0.15) is 68.1 Å². The second-order valence-electron chi connectivity index (χ2n) is 16.1. The van der Waals surface area contributed by atoms with E-state index in [1.165, 1.54) is 12.2 Å². The summed E-state index contributed by atoms with van der Waals surface area (Å²) in [5, 5.41) is 12.2. The number of allylic oxidation sites excluding steroid dienone is 4. The van der Waals surface area contributed by atoms with Crippen LogP contribution < -0.4 is 0 Å². The largest absolute Gasteiger partial charge is 0.390 e. The van der Waals surface area contributed by atoms with Crippen LogP contribution in [0, 0.1) is 22.7 Å². The predicted molar refractivity (Wildman–Crippen MR) is 200 cm³/mol. The molecule has 1 N–H and O–H groups in total. The Kier molecular flexibility index (Phi) is 8.28. The van der Waals surface area contributed by atoms with Gasteiger partial charge in [0, 0.05) is 34.7 Å². The number of Topliss-reactive ketones (excluding diaryl/α,β-unsaturated/α-hetero) is 1. The van der Waals surface area contributed by atoms with Gasteiger partial charge in [-0.05, 0) is 73.4 Å². The van der Waals surface area contributed by atoms with Gasteiger partial charge < -0.3 is 19.3 Å². The Balaban J connectivity index is 1.15. The molecule has 1 aromatic heterocycles. The van der Waals surface area contributed by atoms with E-state index >= 15 is 9.18 Å². The van der Waals surface area contributed by atoms with Gasteiger partial charge in [0.1, 0.15) is 12.2 Å². The van der Waals surface area contributed by atoms with Crippen molar-refractivity contribution in [2.24, 2.45) is 22.7 Å². The van der Waals surface area contributed by atoms with Crippen LogP contribution in [0.25, 0.3) is 0 Å². The summed E-state index contributed by atoms with van der Waals surface area (Å²) < 4.78 is 38.9. The lowest BCUT2D eigenvalue weighted by atomic mass is 9.44. The standard InChI is InChI=1S/C46H44FNO6/c1-42-23-22-35(49)25-34(42)20-21-36-37-26-40-46(43(37,2)27-38(50)45(36,42)47,54-41(53-40)30-13-12-24-48-28-30)39(51)29-52-44(31-14-6-3-7-15-31,32-16-8-4-9-17-32)33-18-10-5-11-19-33/h3-19,22-25,28,36-38,40-41,50H,20-21,26-27,29H2,1-2H3/t36?,37?,38-,40+,41?,42-,43-,45-,46+/m0/s1. The molecule has 276 valence electrons. The average Bonchev–Trinajstić information content (AvgIpc) is 3.71. The molecular weight excluding hydrogens is 682 g/mol. The Labute approximate surface area is 314 Å². The maximum Gasteiger partial charge on any atom is 0.193 e. The summed E-state index contributed by atoms with van der Waals surface area (Å²) in [6, 6.07) is 33.3. The number of carbonyl (C=O) groups excluding carboxylic acids is 2. The van der Waals surface area contributed by atoms with Crippen LogP contribution >= 0.6 is 0 Å². The monoisotopic (exact) mass is 725 g/mol. The molecule has 2 heterocycles. The van der Waals surface area contributed by atoms with E-state index < -0.39 is 52.1 Å². The number of fused-ring (bicyclic) bond motifs is 7. The molecule has 4 aromatic rings. The summed E-state index contributed by atoms with van der Waals surface area (Å²) in [5.41, 5.74) is -3.08. The van der Waals surface area contributed by atoms with Crippen molar-refractivity contribution in [3.63, 3.8) is 0 Å². The van der Waals surface area contributed by atoms with Gasteiger partial charge in [-0.25, -0.2) is 4.39 Å². The molecule has 1 saturated heterocycles. The van der Waals surface area contributed by atoms with Gasteiger partial charge in [-0.3, -0.25) is 14.6 Å². The molecule has 54 heavy (non-hydrogen) atoms. The second-order valence-corrected chi connectivity index (χ2v) is 16.1. The Morgan fingerprint density at radius 1 is 0.926 bits per heavy atom. The number of benzene rings is 3. The van der Waals surface area contributed by atoms with Gasteiger partial charge in [0.2, 0.25) is 0 Å². The highest BCUT2D eigenvalue weighted by Crippen LogP contribution is 2.72. The van der Waals surface area contributed by atoms with Crippen molar-refractivity contribution >= 4 is 11.6 Å². The lowest BCUT2D eigenvalue weighted by Gasteiger charge is -2.62. The van der Waals surface area contributed by atoms with Crippen molar-refractivity contribution in [2.45, 2.75) is 74.9 Å². The zero-order valence-corrected chi connectivity index (χ0v) is 30.4. The van der Waals surface area contributed by atoms with Gasteiger partial charge in [-0.15, -0.1) is 0 Å². The van der Waals surface area contributed by atoms with Crippen LogP contribution in [-0.2, 0) is 29.4 Å². The number of aromatic nitrogens is 1. The van der Waals surface area contributed by atoms with Crippen LogP contribution in [0.15, 0.2) is 139 Å². The molecule has 8 heteroatoms. The first kappa shape index (κ1) is 35.1. The maximum absolute atomic E-state index is 18.1. The third-order valence-electron chi connectivity index (χ3n) is 13.7. The lowest BCUT2D eigenvalue weighted by molar-refractivity contribution is -0.232. The van der Waals surface area contributed by atoms with E-state index in [4.69, 9.17) is 14.2 Å². The molecular formula is C46H44FNO6. The first-order chi connectivity index (χ1) is 26.1. The van der Waals surface area contributed by atoms with E-state index in [2.05, 4.69) is 4.98 Å². The van der Waals surface area contributed by atoms with E-state index in [1.54, 1.807) is 31.5 Å². The van der Waals surface area contributed by atoms with Crippen molar-refractivity contribution in [1.82, 2.24) is 4.98 Å². The summed E-state index contributed by atoms with van der Waals surface area (Å²) in [6.45, 7) is 3.42. The van der Waals surface area contributed by atoms with Crippen LogP contribution in [-0.4, -0.2) is 51.7 Å². The molecule has 4 fully saturated rings. The van der Waals surface area contributed by atoms with E-state index in [9.17, 15) is 9.90 Å². The van der Waals surface area contributed by atoms with E-state index in [0.717, 1.165) is 16.7 Å². The number of rotatable bonds is 8. The summed E-state index contributed by atoms with van der Waals surface area (Å²) in [5.74, 6) is -1.48. The zero-order valence-electron chi connectivity index (χ0n) is 30.4. The molecule has 0 bridgehead atoms.